The number of nitrogens with zero attached hydrogens (tertiary/aromatic N) is 2. The van der Waals surface area contributed by atoms with E-state index in [4.69, 9.17) is 4.42 Å². The summed E-state index contributed by atoms with van der Waals surface area (Å²) < 4.78 is 7.52. The summed E-state index contributed by atoms with van der Waals surface area (Å²) in [6, 6.07) is 14.9. The van der Waals surface area contributed by atoms with E-state index in [1.165, 1.54) is 0 Å². The third-order valence-electron chi connectivity index (χ3n) is 4.46. The summed E-state index contributed by atoms with van der Waals surface area (Å²) in [6.45, 7) is 0.859. The lowest BCUT2D eigenvalue weighted by Gasteiger charge is -2.23. The molecule has 0 saturated heterocycles. The van der Waals surface area contributed by atoms with Crippen LogP contribution in [0.1, 0.15) is 40.7 Å². The number of benzene rings is 1. The number of amides is 1. The van der Waals surface area contributed by atoms with Crippen LogP contribution in [0.5, 0.6) is 5.75 Å². The molecule has 5 heteroatoms. The van der Waals surface area contributed by atoms with Gasteiger partial charge in [0.2, 0.25) is 0 Å². The summed E-state index contributed by atoms with van der Waals surface area (Å²) in [7, 11) is 0. The zero-order valence-corrected chi connectivity index (χ0v) is 13.8. The summed E-state index contributed by atoms with van der Waals surface area (Å²) in [5.74, 6) is 0.952. The summed E-state index contributed by atoms with van der Waals surface area (Å²) in [6.07, 6.45) is 5.86. The fourth-order valence-corrected chi connectivity index (χ4v) is 3.02. The fourth-order valence-electron chi connectivity index (χ4n) is 3.02. The number of carbonyl (C=O) groups excluding carboxylic acids is 1. The van der Waals surface area contributed by atoms with Crippen molar-refractivity contribution >= 4 is 5.91 Å². The van der Waals surface area contributed by atoms with Gasteiger partial charge in [0.25, 0.3) is 5.91 Å². The second kappa shape index (κ2) is 6.51. The molecule has 2 heterocycles. The van der Waals surface area contributed by atoms with Crippen molar-refractivity contribution < 1.29 is 14.3 Å². The number of rotatable bonds is 6. The van der Waals surface area contributed by atoms with Crippen molar-refractivity contribution in [3.8, 4) is 5.75 Å². The van der Waals surface area contributed by atoms with E-state index in [1.807, 2.05) is 42.6 Å². The molecule has 0 aliphatic heterocycles. The van der Waals surface area contributed by atoms with Gasteiger partial charge in [0, 0.05) is 18.8 Å². The maximum absolute atomic E-state index is 13.2. The third-order valence-corrected chi connectivity index (χ3v) is 4.46. The topological polar surface area (TPSA) is 58.6 Å². The molecule has 1 fully saturated rings. The van der Waals surface area contributed by atoms with E-state index in [-0.39, 0.29) is 11.7 Å². The molecule has 1 saturated carbocycles. The first kappa shape index (κ1) is 15.6. The Balaban J connectivity index is 1.60. The molecule has 2 aromatic heterocycles. The highest BCUT2D eigenvalue weighted by atomic mass is 16.3. The minimum absolute atomic E-state index is 0.0126. The van der Waals surface area contributed by atoms with Crippen LogP contribution in [-0.4, -0.2) is 20.5 Å². The Morgan fingerprint density at radius 2 is 1.92 bits per heavy atom. The Morgan fingerprint density at radius 3 is 2.60 bits per heavy atom. The van der Waals surface area contributed by atoms with Crippen molar-refractivity contribution in [1.29, 1.82) is 0 Å². The molecule has 0 radical (unpaired) electrons. The van der Waals surface area contributed by atoms with Crippen molar-refractivity contribution in [1.82, 2.24) is 9.47 Å². The second-order valence-corrected chi connectivity index (χ2v) is 6.44. The predicted octanol–water partition coefficient (Wildman–Crippen LogP) is 3.96. The molecule has 4 rings (SSSR count). The SMILES string of the molecule is O=C(c1cccn1C1CC1)N(Cc1ccc(O)cc1)Cc1ccco1. The zero-order chi connectivity index (χ0) is 17.2. The number of carbonyl (C=O) groups is 1. The number of hydrogen-bond donors (Lipinski definition) is 1. The van der Waals surface area contributed by atoms with E-state index < -0.39 is 0 Å². The molecule has 128 valence electrons. The average Bonchev–Trinajstić information content (AvgIpc) is 3.12. The van der Waals surface area contributed by atoms with Gasteiger partial charge in [-0.25, -0.2) is 0 Å². The van der Waals surface area contributed by atoms with Crippen LogP contribution in [0.15, 0.2) is 65.4 Å². The highest BCUT2D eigenvalue weighted by Gasteiger charge is 2.28. The highest BCUT2D eigenvalue weighted by Crippen LogP contribution is 2.36. The monoisotopic (exact) mass is 336 g/mol. The molecule has 5 nitrogen and oxygen atoms in total. The lowest BCUT2D eigenvalue weighted by Crippen LogP contribution is -2.31. The molecular weight excluding hydrogens is 316 g/mol. The maximum atomic E-state index is 13.2. The van der Waals surface area contributed by atoms with E-state index in [0.717, 1.165) is 24.2 Å². The van der Waals surface area contributed by atoms with E-state index in [0.29, 0.717) is 24.8 Å². The van der Waals surface area contributed by atoms with Crippen LogP contribution >= 0.6 is 0 Å². The van der Waals surface area contributed by atoms with Crippen LogP contribution in [0, 0.1) is 0 Å². The molecule has 0 unspecified atom stereocenters. The van der Waals surface area contributed by atoms with Gasteiger partial charge in [-0.3, -0.25) is 4.79 Å². The Morgan fingerprint density at radius 1 is 1.12 bits per heavy atom. The minimum Gasteiger partial charge on any atom is -0.508 e. The zero-order valence-electron chi connectivity index (χ0n) is 13.8. The lowest BCUT2D eigenvalue weighted by molar-refractivity contribution is 0.0706. The predicted molar refractivity (Wildman–Crippen MR) is 93.1 cm³/mol. The Kier molecular flexibility index (Phi) is 4.06. The van der Waals surface area contributed by atoms with E-state index in [9.17, 15) is 9.90 Å². The van der Waals surface area contributed by atoms with Crippen molar-refractivity contribution in [2.45, 2.75) is 32.0 Å². The highest BCUT2D eigenvalue weighted by molar-refractivity contribution is 5.92. The molecule has 1 aromatic carbocycles. The first-order valence-electron chi connectivity index (χ1n) is 8.47. The van der Waals surface area contributed by atoms with Gasteiger partial charge >= 0.3 is 0 Å². The smallest absolute Gasteiger partial charge is 0.271 e. The summed E-state index contributed by atoms with van der Waals surface area (Å²) in [4.78, 5) is 14.9. The van der Waals surface area contributed by atoms with Gasteiger partial charge in [0.15, 0.2) is 0 Å². The molecule has 0 bridgehead atoms. The van der Waals surface area contributed by atoms with E-state index in [1.54, 1.807) is 23.3 Å². The van der Waals surface area contributed by atoms with Crippen molar-refractivity contribution in [2.75, 3.05) is 0 Å². The molecule has 1 N–H and O–H groups in total. The van der Waals surface area contributed by atoms with Crippen LogP contribution in [0.3, 0.4) is 0 Å². The molecule has 0 spiro atoms. The lowest BCUT2D eigenvalue weighted by atomic mass is 10.2. The van der Waals surface area contributed by atoms with Crippen molar-refractivity contribution in [2.24, 2.45) is 0 Å². The standard InChI is InChI=1S/C20H20N2O3/c23-17-9-5-15(6-10-17)13-21(14-18-3-2-12-25-18)20(24)19-4-1-11-22(19)16-7-8-16/h1-6,9-12,16,23H,7-8,13-14H2. The fraction of sp³-hybridized carbons (Fsp3) is 0.250. The molecule has 1 aliphatic carbocycles. The third kappa shape index (κ3) is 3.45. The number of phenolic OH excluding ortho intramolecular Hbond substituents is 1. The number of aromatic hydroxyl groups is 1. The number of phenols is 1. The van der Waals surface area contributed by atoms with Gasteiger partial charge in [-0.05, 0) is 54.8 Å². The van der Waals surface area contributed by atoms with Gasteiger partial charge in [-0.15, -0.1) is 0 Å². The normalized spacial score (nSPS) is 13.8. The number of furan rings is 1. The number of hydrogen-bond acceptors (Lipinski definition) is 3. The van der Waals surface area contributed by atoms with Crippen LogP contribution in [0.4, 0.5) is 0 Å². The van der Waals surface area contributed by atoms with Gasteiger partial charge in [0.05, 0.1) is 12.8 Å². The summed E-state index contributed by atoms with van der Waals surface area (Å²) in [5.41, 5.74) is 1.68. The van der Waals surface area contributed by atoms with Gasteiger partial charge in [-0.2, -0.15) is 0 Å². The van der Waals surface area contributed by atoms with Crippen LogP contribution in [0.2, 0.25) is 0 Å². The molecule has 3 aromatic rings. The summed E-state index contributed by atoms with van der Waals surface area (Å²) in [5, 5.41) is 9.46. The van der Waals surface area contributed by atoms with Crippen LogP contribution < -0.4 is 0 Å². The first-order valence-corrected chi connectivity index (χ1v) is 8.47. The molecular formula is C20H20N2O3. The van der Waals surface area contributed by atoms with E-state index >= 15 is 0 Å². The van der Waals surface area contributed by atoms with Crippen LogP contribution in [-0.2, 0) is 13.1 Å². The van der Waals surface area contributed by atoms with Crippen molar-refractivity contribution in [3.05, 3.63) is 78.0 Å². The molecule has 1 amide bonds. The van der Waals surface area contributed by atoms with Gasteiger partial charge < -0.3 is 19.0 Å². The minimum atomic E-state index is -0.0126. The Hall–Kier alpha value is -2.95. The van der Waals surface area contributed by atoms with E-state index in [2.05, 4.69) is 4.57 Å². The maximum Gasteiger partial charge on any atom is 0.271 e. The average molecular weight is 336 g/mol. The Bertz CT molecular complexity index is 845. The van der Waals surface area contributed by atoms with Crippen molar-refractivity contribution in [3.63, 3.8) is 0 Å². The largest absolute Gasteiger partial charge is 0.508 e. The summed E-state index contributed by atoms with van der Waals surface area (Å²) >= 11 is 0. The quantitative estimate of drug-likeness (QED) is 0.741. The first-order chi connectivity index (χ1) is 12.2. The van der Waals surface area contributed by atoms with Crippen LogP contribution in [0.25, 0.3) is 0 Å². The second-order valence-electron chi connectivity index (χ2n) is 6.44. The molecule has 1 aliphatic rings. The Labute approximate surface area is 146 Å². The molecule has 0 atom stereocenters. The number of aromatic nitrogens is 1. The van der Waals surface area contributed by atoms with Gasteiger partial charge in [-0.1, -0.05) is 12.1 Å². The molecule has 25 heavy (non-hydrogen) atoms. The van der Waals surface area contributed by atoms with Gasteiger partial charge in [0.1, 0.15) is 17.2 Å².